The van der Waals surface area contributed by atoms with Crippen LogP contribution in [0.15, 0.2) is 11.8 Å². The Morgan fingerprint density at radius 3 is 2.06 bits per heavy atom. The number of allylic oxidation sites excluding steroid dienone is 1. The molecule has 2 unspecified atom stereocenters. The third-order valence-electron chi connectivity index (χ3n) is 4.67. The van der Waals surface area contributed by atoms with Gasteiger partial charge in [0.2, 0.25) is 0 Å². The SMILES string of the molecule is C=C(C(=O)C1CC2CCC(C1)N2C)[Si](C)(C)C. The minimum Gasteiger partial charge on any atom is -0.300 e. The van der Waals surface area contributed by atoms with Crippen LogP contribution in [-0.4, -0.2) is 37.9 Å². The Bertz CT molecular complexity index is 331. The highest BCUT2D eigenvalue weighted by atomic mass is 28.3. The van der Waals surface area contributed by atoms with Crippen LogP contribution in [0, 0.1) is 5.92 Å². The highest BCUT2D eigenvalue weighted by molar-refractivity contribution is 6.87. The Labute approximate surface area is 106 Å². The van der Waals surface area contributed by atoms with Crippen LogP contribution in [0.2, 0.25) is 19.6 Å². The summed E-state index contributed by atoms with van der Waals surface area (Å²) in [6.45, 7) is 10.7. The number of ketones is 1. The number of Topliss-reactive ketones (excluding diaryl/α,β-unsaturated/α-hetero) is 1. The van der Waals surface area contributed by atoms with Crippen LogP contribution in [0.3, 0.4) is 0 Å². The van der Waals surface area contributed by atoms with Gasteiger partial charge in [-0.25, -0.2) is 0 Å². The minimum atomic E-state index is -1.51. The molecule has 2 aliphatic heterocycles. The average Bonchev–Trinajstić information content (AvgIpc) is 2.50. The van der Waals surface area contributed by atoms with Crippen LogP contribution in [0.25, 0.3) is 0 Å². The lowest BCUT2D eigenvalue weighted by Gasteiger charge is -2.36. The zero-order valence-corrected chi connectivity index (χ0v) is 12.6. The van der Waals surface area contributed by atoms with E-state index in [0.29, 0.717) is 17.9 Å². The van der Waals surface area contributed by atoms with Crippen molar-refractivity contribution in [2.75, 3.05) is 7.05 Å². The van der Waals surface area contributed by atoms with Gasteiger partial charge < -0.3 is 4.90 Å². The maximum Gasteiger partial charge on any atom is 0.157 e. The third-order valence-corrected chi connectivity index (χ3v) is 6.73. The van der Waals surface area contributed by atoms with E-state index in [2.05, 4.69) is 38.2 Å². The summed E-state index contributed by atoms with van der Waals surface area (Å²) >= 11 is 0. The maximum atomic E-state index is 12.5. The van der Waals surface area contributed by atoms with Crippen LogP contribution in [-0.2, 0) is 4.79 Å². The number of piperidine rings is 1. The molecule has 0 N–H and O–H groups in total. The molecule has 96 valence electrons. The summed E-state index contributed by atoms with van der Waals surface area (Å²) in [6, 6.07) is 1.30. The van der Waals surface area contributed by atoms with Crippen LogP contribution in [0.5, 0.6) is 0 Å². The molecule has 2 nitrogen and oxygen atoms in total. The molecule has 0 aliphatic carbocycles. The minimum absolute atomic E-state index is 0.267. The standard InChI is InChI=1S/C14H25NOSi/c1-10(17(3,4)5)14(16)11-8-12-6-7-13(9-11)15(12)2/h11-13H,1,6-9H2,2-5H3. The number of rotatable bonds is 3. The molecule has 2 saturated heterocycles. The van der Waals surface area contributed by atoms with Gasteiger partial charge in [-0.3, -0.25) is 4.79 Å². The first kappa shape index (κ1) is 13.0. The summed E-state index contributed by atoms with van der Waals surface area (Å²) in [6.07, 6.45) is 4.69. The highest BCUT2D eigenvalue weighted by Gasteiger charge is 2.42. The Kier molecular flexibility index (Phi) is 3.34. The van der Waals surface area contributed by atoms with Crippen molar-refractivity contribution in [3.8, 4) is 0 Å². The van der Waals surface area contributed by atoms with Crippen LogP contribution in [0.4, 0.5) is 0 Å². The fraction of sp³-hybridized carbons (Fsp3) is 0.786. The number of hydrogen-bond acceptors (Lipinski definition) is 2. The highest BCUT2D eigenvalue weighted by Crippen LogP contribution is 2.39. The predicted molar refractivity (Wildman–Crippen MR) is 74.8 cm³/mol. The molecule has 0 aromatic rings. The Hall–Kier alpha value is -0.413. The monoisotopic (exact) mass is 251 g/mol. The van der Waals surface area contributed by atoms with Gasteiger partial charge in [-0.15, -0.1) is 0 Å². The second kappa shape index (κ2) is 4.36. The fourth-order valence-electron chi connectivity index (χ4n) is 3.24. The largest absolute Gasteiger partial charge is 0.300 e. The number of carbonyl (C=O) groups is 1. The van der Waals surface area contributed by atoms with E-state index in [4.69, 9.17) is 0 Å². The lowest BCUT2D eigenvalue weighted by molar-refractivity contribution is -0.120. The van der Waals surface area contributed by atoms with E-state index >= 15 is 0 Å². The molecule has 0 radical (unpaired) electrons. The Morgan fingerprint density at radius 2 is 1.65 bits per heavy atom. The lowest BCUT2D eigenvalue weighted by Crippen LogP contribution is -2.44. The van der Waals surface area contributed by atoms with Crippen molar-refractivity contribution in [1.82, 2.24) is 4.90 Å². The maximum absolute atomic E-state index is 12.5. The van der Waals surface area contributed by atoms with E-state index in [1.165, 1.54) is 12.8 Å². The van der Waals surface area contributed by atoms with Gasteiger partial charge in [-0.2, -0.15) is 0 Å². The van der Waals surface area contributed by atoms with Gasteiger partial charge in [0, 0.05) is 18.0 Å². The van der Waals surface area contributed by atoms with Crippen LogP contribution >= 0.6 is 0 Å². The molecule has 2 atom stereocenters. The summed E-state index contributed by atoms with van der Waals surface area (Å²) in [5, 5.41) is 0.950. The molecule has 3 heteroatoms. The van der Waals surface area contributed by atoms with E-state index in [1.54, 1.807) is 0 Å². The quantitative estimate of drug-likeness (QED) is 0.568. The zero-order valence-electron chi connectivity index (χ0n) is 11.6. The molecule has 0 saturated carbocycles. The normalized spacial score (nSPS) is 33.8. The van der Waals surface area contributed by atoms with Gasteiger partial charge in [-0.05, 0) is 37.9 Å². The van der Waals surface area contributed by atoms with Crippen molar-refractivity contribution in [3.05, 3.63) is 11.8 Å². The van der Waals surface area contributed by atoms with Gasteiger partial charge in [0.25, 0.3) is 0 Å². The molecule has 2 fully saturated rings. The smallest absolute Gasteiger partial charge is 0.157 e. The first-order valence-corrected chi connectivity index (χ1v) is 10.3. The molecule has 2 aliphatic rings. The molecule has 0 spiro atoms. The van der Waals surface area contributed by atoms with Gasteiger partial charge in [0.15, 0.2) is 5.78 Å². The van der Waals surface area contributed by atoms with Crippen molar-refractivity contribution in [1.29, 1.82) is 0 Å². The van der Waals surface area contributed by atoms with Gasteiger partial charge >= 0.3 is 0 Å². The number of nitrogens with zero attached hydrogens (tertiary/aromatic N) is 1. The second-order valence-corrected chi connectivity index (χ2v) is 11.9. The molecule has 17 heavy (non-hydrogen) atoms. The van der Waals surface area contributed by atoms with E-state index in [-0.39, 0.29) is 5.92 Å². The van der Waals surface area contributed by atoms with Crippen molar-refractivity contribution in [2.24, 2.45) is 5.92 Å². The number of fused-ring (bicyclic) bond motifs is 2. The van der Waals surface area contributed by atoms with E-state index < -0.39 is 8.07 Å². The summed E-state index contributed by atoms with van der Waals surface area (Å²) in [5.41, 5.74) is 0. The lowest BCUT2D eigenvalue weighted by atomic mass is 9.87. The first-order chi connectivity index (χ1) is 7.80. The molecule has 0 aromatic carbocycles. The third kappa shape index (κ3) is 2.41. The van der Waals surface area contributed by atoms with Crippen LogP contribution < -0.4 is 0 Å². The predicted octanol–water partition coefficient (Wildman–Crippen LogP) is 2.86. The molecule has 2 rings (SSSR count). The second-order valence-electron chi connectivity index (χ2n) is 6.81. The van der Waals surface area contributed by atoms with Crippen molar-refractivity contribution >= 4 is 13.9 Å². The Balaban J connectivity index is 2.06. The first-order valence-electron chi connectivity index (χ1n) is 6.76. The fourth-order valence-corrected chi connectivity index (χ4v) is 4.18. The summed E-state index contributed by atoms with van der Waals surface area (Å²) in [5.74, 6) is 0.650. The summed E-state index contributed by atoms with van der Waals surface area (Å²) in [7, 11) is 0.713. The van der Waals surface area contributed by atoms with Gasteiger partial charge in [0.1, 0.15) is 0 Å². The topological polar surface area (TPSA) is 20.3 Å². The van der Waals surface area contributed by atoms with E-state index in [0.717, 1.165) is 18.0 Å². The zero-order chi connectivity index (χ0) is 12.8. The van der Waals surface area contributed by atoms with Crippen molar-refractivity contribution in [2.45, 2.75) is 57.4 Å². The van der Waals surface area contributed by atoms with Crippen LogP contribution in [0.1, 0.15) is 25.7 Å². The van der Waals surface area contributed by atoms with E-state index in [1.807, 2.05) is 0 Å². The van der Waals surface area contributed by atoms with Crippen molar-refractivity contribution < 1.29 is 4.79 Å². The molecule has 0 amide bonds. The average molecular weight is 251 g/mol. The molecule has 2 heterocycles. The molecular weight excluding hydrogens is 226 g/mol. The summed E-state index contributed by atoms with van der Waals surface area (Å²) < 4.78 is 0. The van der Waals surface area contributed by atoms with Gasteiger partial charge in [-0.1, -0.05) is 26.2 Å². The van der Waals surface area contributed by atoms with E-state index in [9.17, 15) is 4.79 Å². The van der Waals surface area contributed by atoms with Gasteiger partial charge in [0.05, 0.1) is 8.07 Å². The molecular formula is C14H25NOSi. The Morgan fingerprint density at radius 1 is 1.18 bits per heavy atom. The number of carbonyl (C=O) groups excluding carboxylic acids is 1. The summed E-state index contributed by atoms with van der Waals surface area (Å²) in [4.78, 5) is 15.0. The molecule has 2 bridgehead atoms. The van der Waals surface area contributed by atoms with Crippen molar-refractivity contribution in [3.63, 3.8) is 0 Å². The molecule has 0 aromatic heterocycles. The number of hydrogen-bond donors (Lipinski definition) is 0.